The van der Waals surface area contributed by atoms with E-state index in [4.69, 9.17) is 9.15 Å². The van der Waals surface area contributed by atoms with Gasteiger partial charge in [-0.3, -0.25) is 9.59 Å². The van der Waals surface area contributed by atoms with Crippen LogP contribution in [0, 0.1) is 5.92 Å². The smallest absolute Gasteiger partial charge is 0.291 e. The number of ether oxygens (including phenoxy) is 1. The topological polar surface area (TPSA) is 71.8 Å². The fourth-order valence-electron chi connectivity index (χ4n) is 2.70. The lowest BCUT2D eigenvalue weighted by Crippen LogP contribution is -2.50. The summed E-state index contributed by atoms with van der Waals surface area (Å²) in [6, 6.07) is 2.87. The Kier molecular flexibility index (Phi) is 7.17. The predicted molar refractivity (Wildman–Crippen MR) is 93.9 cm³/mol. The zero-order valence-electron chi connectivity index (χ0n) is 14.5. The van der Waals surface area contributed by atoms with E-state index in [0.29, 0.717) is 24.8 Å². The molecule has 1 saturated heterocycles. The normalized spacial score (nSPS) is 20.6. The molecule has 134 valence electrons. The molecule has 1 fully saturated rings. The number of furan rings is 1. The van der Waals surface area contributed by atoms with Crippen LogP contribution in [-0.4, -0.2) is 54.1 Å². The molecule has 1 aliphatic heterocycles. The summed E-state index contributed by atoms with van der Waals surface area (Å²) in [4.78, 5) is 27.0. The van der Waals surface area contributed by atoms with Crippen LogP contribution in [0.2, 0.25) is 0 Å². The third-order valence-corrected chi connectivity index (χ3v) is 5.17. The van der Waals surface area contributed by atoms with Crippen LogP contribution in [-0.2, 0) is 9.53 Å². The minimum Gasteiger partial charge on any atom is -0.459 e. The molecule has 2 atom stereocenters. The Bertz CT molecular complexity index is 533. The third-order valence-electron chi connectivity index (χ3n) is 3.86. The molecule has 24 heavy (non-hydrogen) atoms. The van der Waals surface area contributed by atoms with E-state index in [0.717, 1.165) is 12.8 Å². The lowest BCUT2D eigenvalue weighted by atomic mass is 10.1. The Morgan fingerprint density at radius 3 is 2.92 bits per heavy atom. The quantitative estimate of drug-likeness (QED) is 0.726. The van der Waals surface area contributed by atoms with E-state index >= 15 is 0 Å². The molecule has 0 radical (unpaired) electrons. The molecule has 0 spiro atoms. The van der Waals surface area contributed by atoms with Crippen molar-refractivity contribution in [1.82, 2.24) is 10.2 Å². The van der Waals surface area contributed by atoms with Gasteiger partial charge in [0.15, 0.2) is 5.76 Å². The number of nitrogens with zero attached hydrogens (tertiary/aromatic N) is 1. The van der Waals surface area contributed by atoms with E-state index < -0.39 is 6.04 Å². The van der Waals surface area contributed by atoms with Crippen LogP contribution in [0.25, 0.3) is 0 Å². The maximum Gasteiger partial charge on any atom is 0.291 e. The van der Waals surface area contributed by atoms with E-state index in [-0.39, 0.29) is 22.9 Å². The SMILES string of the molecule is COCCCNC(=O)C1CSC(CC(C)C)N1C(=O)c1ccco1. The number of carbonyl (C=O) groups is 2. The Labute approximate surface area is 147 Å². The van der Waals surface area contributed by atoms with Gasteiger partial charge in [0.25, 0.3) is 5.91 Å². The molecule has 0 saturated carbocycles. The van der Waals surface area contributed by atoms with Crippen molar-refractivity contribution < 1.29 is 18.7 Å². The monoisotopic (exact) mass is 354 g/mol. The van der Waals surface area contributed by atoms with Gasteiger partial charge in [0.05, 0.1) is 11.6 Å². The largest absolute Gasteiger partial charge is 0.459 e. The van der Waals surface area contributed by atoms with Gasteiger partial charge < -0.3 is 19.4 Å². The lowest BCUT2D eigenvalue weighted by molar-refractivity contribution is -0.124. The molecule has 1 N–H and O–H groups in total. The summed E-state index contributed by atoms with van der Waals surface area (Å²) >= 11 is 1.66. The van der Waals surface area contributed by atoms with Gasteiger partial charge in [-0.15, -0.1) is 11.8 Å². The third kappa shape index (κ3) is 4.77. The fourth-order valence-corrected chi connectivity index (χ4v) is 4.34. The second-order valence-corrected chi connectivity index (χ2v) is 7.47. The van der Waals surface area contributed by atoms with Crippen LogP contribution in [0.4, 0.5) is 0 Å². The van der Waals surface area contributed by atoms with E-state index in [1.54, 1.807) is 35.9 Å². The maximum atomic E-state index is 12.8. The summed E-state index contributed by atoms with van der Waals surface area (Å²) in [5.41, 5.74) is 0. The number of carbonyl (C=O) groups excluding carboxylic acids is 2. The first kappa shape index (κ1) is 18.9. The first-order valence-corrected chi connectivity index (χ1v) is 9.34. The molecule has 0 aromatic carbocycles. The van der Waals surface area contributed by atoms with Crippen LogP contribution in [0.15, 0.2) is 22.8 Å². The number of hydrogen-bond donors (Lipinski definition) is 1. The zero-order chi connectivity index (χ0) is 17.5. The maximum absolute atomic E-state index is 12.8. The molecule has 1 aromatic heterocycles. The summed E-state index contributed by atoms with van der Waals surface area (Å²) < 4.78 is 10.2. The van der Waals surface area contributed by atoms with Crippen molar-refractivity contribution in [2.24, 2.45) is 5.92 Å². The summed E-state index contributed by atoms with van der Waals surface area (Å²) in [6.07, 6.45) is 3.09. The molecule has 0 bridgehead atoms. The molecule has 7 heteroatoms. The average Bonchev–Trinajstić information content (AvgIpc) is 3.20. The second-order valence-electron chi connectivity index (χ2n) is 6.26. The van der Waals surface area contributed by atoms with Crippen molar-refractivity contribution in [2.75, 3.05) is 26.0 Å². The summed E-state index contributed by atoms with van der Waals surface area (Å²) in [7, 11) is 1.63. The molecule has 2 amide bonds. The van der Waals surface area contributed by atoms with Gasteiger partial charge in [0.2, 0.25) is 5.91 Å². The highest BCUT2D eigenvalue weighted by Gasteiger charge is 2.42. The average molecular weight is 354 g/mol. The van der Waals surface area contributed by atoms with Gasteiger partial charge in [-0.25, -0.2) is 0 Å². The lowest BCUT2D eigenvalue weighted by Gasteiger charge is -2.29. The zero-order valence-corrected chi connectivity index (χ0v) is 15.3. The van der Waals surface area contributed by atoms with Crippen molar-refractivity contribution in [3.05, 3.63) is 24.2 Å². The highest BCUT2D eigenvalue weighted by molar-refractivity contribution is 8.00. The van der Waals surface area contributed by atoms with Crippen molar-refractivity contribution >= 4 is 23.6 Å². The standard InChI is InChI=1S/C17H26N2O4S/c1-12(2)10-15-19(17(21)14-6-4-9-23-14)13(11-24-15)16(20)18-7-5-8-22-3/h4,6,9,12-13,15H,5,7-8,10-11H2,1-3H3,(H,18,20). The molecule has 0 aliphatic carbocycles. The fraction of sp³-hybridized carbons (Fsp3) is 0.647. The van der Waals surface area contributed by atoms with E-state index in [2.05, 4.69) is 19.2 Å². The number of methoxy groups -OCH3 is 1. The van der Waals surface area contributed by atoms with Crippen molar-refractivity contribution in [1.29, 1.82) is 0 Å². The highest BCUT2D eigenvalue weighted by Crippen LogP contribution is 2.34. The number of hydrogen-bond acceptors (Lipinski definition) is 5. The minimum absolute atomic E-state index is 0.00248. The first-order chi connectivity index (χ1) is 11.5. The Balaban J connectivity index is 2.07. The van der Waals surface area contributed by atoms with Crippen molar-refractivity contribution in [3.8, 4) is 0 Å². The molecule has 1 aromatic rings. The van der Waals surface area contributed by atoms with Crippen LogP contribution in [0.1, 0.15) is 37.2 Å². The van der Waals surface area contributed by atoms with Crippen LogP contribution in [0.3, 0.4) is 0 Å². The highest BCUT2D eigenvalue weighted by atomic mass is 32.2. The van der Waals surface area contributed by atoms with E-state index in [1.165, 1.54) is 6.26 Å². The van der Waals surface area contributed by atoms with Gasteiger partial charge in [0, 0.05) is 26.0 Å². The number of rotatable bonds is 8. The summed E-state index contributed by atoms with van der Waals surface area (Å²) in [5.74, 6) is 1.01. The number of amides is 2. The molecule has 2 heterocycles. The molecule has 6 nitrogen and oxygen atoms in total. The van der Waals surface area contributed by atoms with Crippen molar-refractivity contribution in [3.63, 3.8) is 0 Å². The molecular weight excluding hydrogens is 328 g/mol. The van der Waals surface area contributed by atoms with Crippen molar-refractivity contribution in [2.45, 2.75) is 38.1 Å². The molecular formula is C17H26N2O4S. The van der Waals surface area contributed by atoms with Gasteiger partial charge in [0.1, 0.15) is 6.04 Å². The Morgan fingerprint density at radius 1 is 1.50 bits per heavy atom. The molecule has 2 unspecified atom stereocenters. The van der Waals surface area contributed by atoms with Gasteiger partial charge >= 0.3 is 0 Å². The van der Waals surface area contributed by atoms with Gasteiger partial charge in [-0.2, -0.15) is 0 Å². The summed E-state index contributed by atoms with van der Waals surface area (Å²) in [6.45, 7) is 5.39. The number of thioether (sulfide) groups is 1. The number of nitrogens with one attached hydrogen (secondary N) is 1. The molecule has 1 aliphatic rings. The first-order valence-electron chi connectivity index (χ1n) is 8.29. The van der Waals surface area contributed by atoms with E-state index in [9.17, 15) is 9.59 Å². The van der Waals surface area contributed by atoms with Gasteiger partial charge in [-0.05, 0) is 30.9 Å². The minimum atomic E-state index is -0.459. The van der Waals surface area contributed by atoms with Gasteiger partial charge in [-0.1, -0.05) is 13.8 Å². The molecule has 2 rings (SSSR count). The predicted octanol–water partition coefficient (Wildman–Crippen LogP) is 2.36. The Hall–Kier alpha value is -1.47. The summed E-state index contributed by atoms with van der Waals surface area (Å²) in [5, 5.41) is 2.90. The second kappa shape index (κ2) is 9.13. The van der Waals surface area contributed by atoms with Crippen LogP contribution < -0.4 is 5.32 Å². The van der Waals surface area contributed by atoms with Crippen LogP contribution in [0.5, 0.6) is 0 Å². The van der Waals surface area contributed by atoms with E-state index in [1.807, 2.05) is 0 Å². The van der Waals surface area contributed by atoms with Crippen LogP contribution >= 0.6 is 11.8 Å². The Morgan fingerprint density at radius 2 is 2.29 bits per heavy atom.